The summed E-state index contributed by atoms with van der Waals surface area (Å²) in [6.07, 6.45) is 33.0. The van der Waals surface area contributed by atoms with Crippen molar-refractivity contribution >= 4 is 72.4 Å². The molecule has 1 unspecified atom stereocenters. The molecule has 698 valence electrons. The van der Waals surface area contributed by atoms with Crippen LogP contribution in [0.2, 0.25) is 0 Å². The number of aliphatic hydroxyl groups excluding tert-OH is 3. The normalized spacial score (nSPS) is 16.8. The SMILES string of the molecule is CC(=O)C=C(C)O.CC(=O)C=C(C)O.CC(C)CC1(Cc2ccnc(-c3[c-]c4ccccc4n3C)c2)CCCCC1.CC(c1cc[c-]c(-c2nc3ccccc3o2)c1)C1(C)CCCC1.CC1(Cc2ccnc(-c3[c-]cc(CC4(C)CCCC4)s3)c2)CCCC1.CCC1(Cc2ccnc3c2ccc2ccc[c-]c23)CCCC1.O=C(C=C(O)C(F)(F)F)C(F)(F)F.[Ir].[Ir].[Ir].[Ir]. The van der Waals surface area contributed by atoms with Crippen LogP contribution in [0.5, 0.6) is 0 Å². The monoisotopic (exact) mass is 2480 g/mol. The van der Waals surface area contributed by atoms with Crippen molar-refractivity contribution in [1.29, 1.82) is 0 Å². The molecule has 0 aliphatic heterocycles. The van der Waals surface area contributed by atoms with Crippen LogP contribution in [0, 0.1) is 57.3 Å². The molecule has 5 aliphatic rings. The number of ketones is 3. The molecule has 3 N–H and O–H groups in total. The number of halogens is 6. The Balaban J connectivity index is 0.000000239. The van der Waals surface area contributed by atoms with Crippen molar-refractivity contribution in [1.82, 2.24) is 24.5 Å². The Morgan fingerprint density at radius 1 is 0.570 bits per heavy atom. The molecule has 6 aromatic heterocycles. The van der Waals surface area contributed by atoms with Gasteiger partial charge in [-0.3, -0.25) is 19.4 Å². The number of allylic oxidation sites excluding steroid dienone is 6. The summed E-state index contributed by atoms with van der Waals surface area (Å²) in [5.74, 6) is -3.49. The Morgan fingerprint density at radius 2 is 1.12 bits per heavy atom. The summed E-state index contributed by atoms with van der Waals surface area (Å²) in [4.78, 5) is 51.2. The Hall–Kier alpha value is -7.41. The second-order valence-corrected chi connectivity index (χ2v) is 37.8. The average molecular weight is 2480 g/mol. The van der Waals surface area contributed by atoms with Crippen molar-refractivity contribution in [2.24, 2.45) is 40.0 Å². The van der Waals surface area contributed by atoms with Gasteiger partial charge in [0.15, 0.2) is 11.6 Å². The van der Waals surface area contributed by atoms with E-state index in [4.69, 9.17) is 24.7 Å². The summed E-state index contributed by atoms with van der Waals surface area (Å²) in [7, 11) is 2.11. The quantitative estimate of drug-likeness (QED) is 0.0230. The van der Waals surface area contributed by atoms with E-state index in [1.54, 1.807) is 0 Å². The fourth-order valence-electron chi connectivity index (χ4n) is 19.2. The van der Waals surface area contributed by atoms with E-state index in [9.17, 15) is 40.7 Å². The molecule has 0 saturated heterocycles. The number of aromatic nitrogens is 5. The summed E-state index contributed by atoms with van der Waals surface area (Å²) < 4.78 is 76.2. The van der Waals surface area contributed by atoms with Gasteiger partial charge >= 0.3 is 12.4 Å². The van der Waals surface area contributed by atoms with Crippen LogP contribution in [0.4, 0.5) is 26.3 Å². The molecule has 6 heterocycles. The molecule has 5 fully saturated rings. The van der Waals surface area contributed by atoms with Gasteiger partial charge in [0.05, 0.1) is 17.0 Å². The predicted octanol–water partition coefficient (Wildman–Crippen LogP) is 29.3. The Morgan fingerprint density at radius 3 is 1.70 bits per heavy atom. The van der Waals surface area contributed by atoms with Gasteiger partial charge in [0.25, 0.3) is 5.78 Å². The van der Waals surface area contributed by atoms with Gasteiger partial charge in [0.2, 0.25) is 5.76 Å². The second-order valence-electron chi connectivity index (χ2n) is 36.7. The van der Waals surface area contributed by atoms with Gasteiger partial charge in [-0.2, -0.15) is 38.5 Å². The van der Waals surface area contributed by atoms with Gasteiger partial charge < -0.3 is 39.3 Å². The summed E-state index contributed by atoms with van der Waals surface area (Å²) in [6, 6.07) is 60.6. The van der Waals surface area contributed by atoms with E-state index in [2.05, 4.69) is 190 Å². The molecule has 16 rings (SSSR count). The van der Waals surface area contributed by atoms with Crippen molar-refractivity contribution < 1.29 is 141 Å². The number of pyridine rings is 3. The average Bonchev–Trinajstić information content (AvgIpc) is 0.987. The molecular formula is C105H123F6Ir4N5O7S-4. The first kappa shape index (κ1) is 109. The van der Waals surface area contributed by atoms with Crippen LogP contribution in [0.3, 0.4) is 0 Å². The van der Waals surface area contributed by atoms with Gasteiger partial charge in [0, 0.05) is 130 Å². The number of carbonyl (C=O) groups excluding carboxylic acids is 3. The molecule has 0 bridgehead atoms. The summed E-state index contributed by atoms with van der Waals surface area (Å²) in [5.41, 5.74) is 16.4. The number of nitrogens with zero attached hydrogens (tertiary/aromatic N) is 5. The second kappa shape index (κ2) is 49.9. The molecule has 0 spiro atoms. The van der Waals surface area contributed by atoms with Crippen LogP contribution in [0.1, 0.15) is 257 Å². The number of alkyl halides is 6. The number of carbonyl (C=O) groups is 3. The van der Waals surface area contributed by atoms with Crippen LogP contribution in [-0.4, -0.2) is 69.5 Å². The van der Waals surface area contributed by atoms with Crippen molar-refractivity contribution in [2.75, 3.05) is 0 Å². The van der Waals surface area contributed by atoms with E-state index in [1.165, 1.54) is 262 Å². The fraction of sp³-hybridized carbons (Fsp3) is 0.457. The van der Waals surface area contributed by atoms with E-state index >= 15 is 0 Å². The van der Waals surface area contributed by atoms with Crippen LogP contribution in [0.25, 0.3) is 77.1 Å². The molecule has 11 aromatic rings. The minimum absolute atomic E-state index is 0. The predicted molar refractivity (Wildman–Crippen MR) is 489 cm³/mol. The first-order valence-corrected chi connectivity index (χ1v) is 45.0. The molecule has 5 aliphatic carbocycles. The van der Waals surface area contributed by atoms with Crippen molar-refractivity contribution in [3.63, 3.8) is 0 Å². The van der Waals surface area contributed by atoms with Crippen LogP contribution in [0.15, 0.2) is 192 Å². The third kappa shape index (κ3) is 31.7. The molecule has 0 amide bonds. The van der Waals surface area contributed by atoms with Gasteiger partial charge in [-0.25, -0.2) is 11.3 Å². The zero-order valence-electron chi connectivity index (χ0n) is 75.6. The Kier molecular flexibility index (Phi) is 42.6. The molecule has 5 aromatic carbocycles. The van der Waals surface area contributed by atoms with Gasteiger partial charge in [-0.15, -0.1) is 88.5 Å². The molecule has 23 heteroatoms. The smallest absolute Gasteiger partial charge is 0.454 e. The van der Waals surface area contributed by atoms with E-state index in [-0.39, 0.29) is 104 Å². The number of hydrogen-bond acceptors (Lipinski definition) is 12. The maximum absolute atomic E-state index is 11.4. The third-order valence-electron chi connectivity index (χ3n) is 25.7. The standard InChI is InChI=1S/C25H31N2.C23H30NS.C21H22NO.C21H22N.C5H2F6O2.2C5H8O2.4Ir/c1-19(2)17-25(12-7-4-8-13-25)18-20-11-14-26-22(15-20)24-16-21-9-5-6-10-23(21)27(24)3;1-22(10-3-4-11-22)16-18-9-14-24-20(15-18)21-8-7-19(25-21)17-23(2)12-5-6-13-23;1-15(21(2)12-5-6-13-21)16-8-7-9-17(14-16)20-22-18-10-3-4-11-19(18)23-20;1-2-21(12-5-6-13-21)15-17-11-14-22-20-18-8-4-3-7-16(18)9-10-19(17)20;6-4(7,8)2(12)1-3(13)5(9,10)11;2*1-4(6)3-5(2)7;;;;/h5-6,9-11,14-15,19H,4,7-8,12-13,17-18H2,1-3H3;7,9,14-15H,3-6,10-13,16-17H2,1-2H3;3-4,7-8,10-11,14-15H,5-6,12-13H2,1-2H3;3-4,7,9-11,14H,2,5-6,12-13,15H2,1H3;1,12H;2*3,6H,1-2H3;;;;/q4*-1;;;;;;;. The fourth-order valence-corrected chi connectivity index (χ4v) is 20.3. The topological polar surface area (TPSA) is 182 Å². The zero-order valence-corrected chi connectivity index (χ0v) is 86.0. The van der Waals surface area contributed by atoms with Crippen molar-refractivity contribution in [3.05, 3.63) is 239 Å². The van der Waals surface area contributed by atoms with E-state index in [0.717, 1.165) is 56.0 Å². The Labute approximate surface area is 811 Å². The van der Waals surface area contributed by atoms with Crippen LogP contribution in [-0.2, 0) is 128 Å². The first-order valence-electron chi connectivity index (χ1n) is 44.1. The first-order chi connectivity index (χ1) is 58.9. The third-order valence-corrected chi connectivity index (χ3v) is 26.7. The van der Waals surface area contributed by atoms with E-state index in [0.29, 0.717) is 38.9 Å². The number of fused-ring (bicyclic) bond motifs is 5. The maximum atomic E-state index is 11.4. The minimum atomic E-state index is -5.42. The molecule has 128 heavy (non-hydrogen) atoms. The number of rotatable bonds is 19. The van der Waals surface area contributed by atoms with Gasteiger partial charge in [0.1, 0.15) is 11.5 Å². The number of oxazole rings is 1. The molecule has 12 nitrogen and oxygen atoms in total. The van der Waals surface area contributed by atoms with Crippen molar-refractivity contribution in [2.45, 2.75) is 268 Å². The number of thiophene rings is 1. The summed E-state index contributed by atoms with van der Waals surface area (Å²) >= 11 is 1.90. The van der Waals surface area contributed by atoms with Gasteiger partial charge in [-0.05, 0) is 220 Å². The number of aryl methyl sites for hydroxylation is 1. The number of aliphatic hydroxyl groups is 3. The van der Waals surface area contributed by atoms with Crippen LogP contribution < -0.4 is 0 Å². The molecule has 1 atom stereocenters. The maximum Gasteiger partial charge on any atom is 0.454 e. The largest absolute Gasteiger partial charge is 0.512 e. The number of para-hydroxylation sites is 3. The number of hydrogen-bond donors (Lipinski definition) is 3. The van der Waals surface area contributed by atoms with E-state index in [1.807, 2.05) is 72.4 Å². The van der Waals surface area contributed by atoms with Crippen molar-refractivity contribution in [3.8, 4) is 33.4 Å². The molecule has 5 saturated carbocycles. The van der Waals surface area contributed by atoms with E-state index < -0.39 is 30.0 Å². The Bertz CT molecular complexity index is 5420. The summed E-state index contributed by atoms with van der Waals surface area (Å²) in [6.45, 7) is 22.5. The minimum Gasteiger partial charge on any atom is -0.512 e. The van der Waals surface area contributed by atoms with Gasteiger partial charge in [-0.1, -0.05) is 207 Å². The zero-order chi connectivity index (χ0) is 89.6. The summed E-state index contributed by atoms with van der Waals surface area (Å²) in [5, 5.41) is 29.5. The number of benzene rings is 5. The molecular weight excluding hydrogens is 2360 g/mol. The molecule has 4 radical (unpaired) electrons. The van der Waals surface area contributed by atoms with Crippen LogP contribution >= 0.6 is 11.3 Å².